The molecule has 0 aliphatic carbocycles. The second-order valence-corrected chi connectivity index (χ2v) is 5.34. The Labute approximate surface area is 122 Å². The zero-order valence-corrected chi connectivity index (χ0v) is 12.6. The topological polar surface area (TPSA) is 24.9 Å². The number of rotatable bonds is 7. The molecule has 0 N–H and O–H groups in total. The van der Waals surface area contributed by atoms with E-state index in [0.717, 1.165) is 51.7 Å². The van der Waals surface area contributed by atoms with Gasteiger partial charge in [-0.15, -0.1) is 0 Å². The van der Waals surface area contributed by atoms with Gasteiger partial charge in [0.15, 0.2) is 0 Å². The van der Waals surface area contributed by atoms with Crippen LogP contribution in [0, 0.1) is 0 Å². The number of methoxy groups -OCH3 is 1. The highest BCUT2D eigenvalue weighted by Crippen LogP contribution is 2.11. The van der Waals surface area contributed by atoms with Crippen LogP contribution in [0.15, 0.2) is 30.3 Å². The first-order valence-electron chi connectivity index (χ1n) is 7.43. The lowest BCUT2D eigenvalue weighted by molar-refractivity contribution is 0.0532. The molecule has 2 rings (SSSR count). The molecule has 1 aromatic carbocycles. The average Bonchev–Trinajstić information content (AvgIpc) is 2.47. The second-order valence-electron chi connectivity index (χ2n) is 5.34. The van der Waals surface area contributed by atoms with Gasteiger partial charge in [-0.2, -0.15) is 0 Å². The maximum atomic E-state index is 5.76. The third-order valence-electron chi connectivity index (χ3n) is 3.85. The molecule has 4 heteroatoms. The van der Waals surface area contributed by atoms with E-state index in [4.69, 9.17) is 9.47 Å². The Hall–Kier alpha value is -1.10. The molecule has 0 saturated carbocycles. The van der Waals surface area contributed by atoms with Crippen molar-refractivity contribution in [2.24, 2.45) is 0 Å². The molecule has 4 nitrogen and oxygen atoms in total. The smallest absolute Gasteiger partial charge is 0.119 e. The Morgan fingerprint density at radius 1 is 1.10 bits per heavy atom. The van der Waals surface area contributed by atoms with E-state index in [1.165, 1.54) is 0 Å². The van der Waals surface area contributed by atoms with E-state index in [-0.39, 0.29) is 0 Å². The Kier molecular flexibility index (Phi) is 6.30. The van der Waals surface area contributed by atoms with Crippen LogP contribution in [-0.4, -0.2) is 68.9 Å². The van der Waals surface area contributed by atoms with Crippen LogP contribution in [-0.2, 0) is 4.74 Å². The van der Waals surface area contributed by atoms with Gasteiger partial charge in [-0.25, -0.2) is 0 Å². The fourth-order valence-corrected chi connectivity index (χ4v) is 2.62. The minimum Gasteiger partial charge on any atom is -0.492 e. The van der Waals surface area contributed by atoms with Crippen LogP contribution in [0.3, 0.4) is 0 Å². The Bertz CT molecular complexity index is 372. The lowest BCUT2D eigenvalue weighted by Gasteiger charge is -2.39. The van der Waals surface area contributed by atoms with Gasteiger partial charge in [0, 0.05) is 45.9 Å². The van der Waals surface area contributed by atoms with Crippen LogP contribution in [0.5, 0.6) is 5.75 Å². The van der Waals surface area contributed by atoms with Crippen molar-refractivity contribution in [1.29, 1.82) is 0 Å². The summed E-state index contributed by atoms with van der Waals surface area (Å²) < 4.78 is 10.9. The monoisotopic (exact) mass is 278 g/mol. The quantitative estimate of drug-likeness (QED) is 0.758. The van der Waals surface area contributed by atoms with Crippen LogP contribution in [0.4, 0.5) is 0 Å². The lowest BCUT2D eigenvalue weighted by atomic mass is 10.2. The van der Waals surface area contributed by atoms with Crippen LogP contribution >= 0.6 is 0 Å². The van der Waals surface area contributed by atoms with Gasteiger partial charge in [0.05, 0.1) is 6.61 Å². The summed E-state index contributed by atoms with van der Waals surface area (Å²) in [6, 6.07) is 10.6. The summed E-state index contributed by atoms with van der Waals surface area (Å²) in [4.78, 5) is 4.98. The molecule has 0 aromatic heterocycles. The molecule has 0 spiro atoms. The summed E-state index contributed by atoms with van der Waals surface area (Å²) >= 11 is 0. The molecule has 1 aliphatic heterocycles. The highest BCUT2D eigenvalue weighted by atomic mass is 16.5. The fraction of sp³-hybridized carbons (Fsp3) is 0.625. The number of hydrogen-bond donors (Lipinski definition) is 0. The maximum absolute atomic E-state index is 5.76. The third-order valence-corrected chi connectivity index (χ3v) is 3.85. The van der Waals surface area contributed by atoms with Gasteiger partial charge in [-0.1, -0.05) is 18.2 Å². The number of benzene rings is 1. The Morgan fingerprint density at radius 3 is 2.60 bits per heavy atom. The lowest BCUT2D eigenvalue weighted by Crippen LogP contribution is -2.53. The van der Waals surface area contributed by atoms with Gasteiger partial charge in [-0.3, -0.25) is 9.80 Å². The summed E-state index contributed by atoms with van der Waals surface area (Å²) in [5, 5.41) is 0. The van der Waals surface area contributed by atoms with Gasteiger partial charge in [0.1, 0.15) is 12.4 Å². The molecular weight excluding hydrogens is 252 g/mol. The molecule has 1 heterocycles. The van der Waals surface area contributed by atoms with Crippen molar-refractivity contribution in [3.63, 3.8) is 0 Å². The first kappa shape index (κ1) is 15.3. The molecule has 1 aromatic rings. The fourth-order valence-electron chi connectivity index (χ4n) is 2.62. The molecule has 0 bridgehead atoms. The van der Waals surface area contributed by atoms with Crippen molar-refractivity contribution in [3.05, 3.63) is 30.3 Å². The first-order valence-corrected chi connectivity index (χ1v) is 7.43. The SMILES string of the molecule is COCCN1CCN(CCOc2ccccc2)C[C@H]1C. The number of piperazine rings is 1. The van der Waals surface area contributed by atoms with Crippen LogP contribution in [0.25, 0.3) is 0 Å². The van der Waals surface area contributed by atoms with Crippen molar-refractivity contribution in [3.8, 4) is 5.75 Å². The number of hydrogen-bond acceptors (Lipinski definition) is 4. The standard InChI is InChI=1S/C16H26N2O2/c1-15-14-17(8-9-18(15)11-12-19-2)10-13-20-16-6-4-3-5-7-16/h3-7,15H,8-14H2,1-2H3/t15-/m1/s1. The van der Waals surface area contributed by atoms with E-state index < -0.39 is 0 Å². The number of nitrogens with zero attached hydrogens (tertiary/aromatic N) is 2. The van der Waals surface area contributed by atoms with Crippen molar-refractivity contribution in [2.75, 3.05) is 53.0 Å². The molecular formula is C16H26N2O2. The summed E-state index contributed by atoms with van der Waals surface area (Å²) in [5.41, 5.74) is 0. The predicted octanol–water partition coefficient (Wildman–Crippen LogP) is 1.72. The molecule has 20 heavy (non-hydrogen) atoms. The summed E-state index contributed by atoms with van der Waals surface area (Å²) in [6.45, 7) is 9.25. The summed E-state index contributed by atoms with van der Waals surface area (Å²) in [6.07, 6.45) is 0. The molecule has 0 radical (unpaired) electrons. The van der Waals surface area contributed by atoms with Gasteiger partial charge < -0.3 is 9.47 Å². The van der Waals surface area contributed by atoms with E-state index in [0.29, 0.717) is 6.04 Å². The molecule has 1 fully saturated rings. The molecule has 1 atom stereocenters. The van der Waals surface area contributed by atoms with Crippen molar-refractivity contribution < 1.29 is 9.47 Å². The average molecular weight is 278 g/mol. The van der Waals surface area contributed by atoms with E-state index in [9.17, 15) is 0 Å². The maximum Gasteiger partial charge on any atom is 0.119 e. The number of para-hydroxylation sites is 1. The molecule has 1 aliphatic rings. The molecule has 0 amide bonds. The third kappa shape index (κ3) is 4.78. The normalized spacial score (nSPS) is 21.0. The van der Waals surface area contributed by atoms with Gasteiger partial charge in [0.25, 0.3) is 0 Å². The van der Waals surface area contributed by atoms with Gasteiger partial charge >= 0.3 is 0 Å². The highest BCUT2D eigenvalue weighted by molar-refractivity contribution is 5.20. The van der Waals surface area contributed by atoms with E-state index in [1.807, 2.05) is 30.3 Å². The zero-order chi connectivity index (χ0) is 14.2. The summed E-state index contributed by atoms with van der Waals surface area (Å²) in [5.74, 6) is 0.958. The van der Waals surface area contributed by atoms with Crippen LogP contribution < -0.4 is 4.74 Å². The molecule has 0 unspecified atom stereocenters. The minimum atomic E-state index is 0.593. The molecule has 1 saturated heterocycles. The summed E-state index contributed by atoms with van der Waals surface area (Å²) in [7, 11) is 1.77. The first-order chi connectivity index (χ1) is 9.79. The van der Waals surface area contributed by atoms with Gasteiger partial charge in [0.2, 0.25) is 0 Å². The Morgan fingerprint density at radius 2 is 1.90 bits per heavy atom. The highest BCUT2D eigenvalue weighted by Gasteiger charge is 2.22. The van der Waals surface area contributed by atoms with E-state index in [1.54, 1.807) is 7.11 Å². The number of ether oxygens (including phenoxy) is 2. The van der Waals surface area contributed by atoms with Crippen molar-refractivity contribution in [2.45, 2.75) is 13.0 Å². The van der Waals surface area contributed by atoms with Crippen molar-refractivity contribution in [1.82, 2.24) is 9.80 Å². The van der Waals surface area contributed by atoms with E-state index in [2.05, 4.69) is 16.7 Å². The van der Waals surface area contributed by atoms with Crippen LogP contribution in [0.2, 0.25) is 0 Å². The largest absolute Gasteiger partial charge is 0.492 e. The Balaban J connectivity index is 1.66. The van der Waals surface area contributed by atoms with Crippen LogP contribution in [0.1, 0.15) is 6.92 Å². The molecule has 112 valence electrons. The van der Waals surface area contributed by atoms with E-state index >= 15 is 0 Å². The zero-order valence-electron chi connectivity index (χ0n) is 12.6. The van der Waals surface area contributed by atoms with Crippen molar-refractivity contribution >= 4 is 0 Å². The van der Waals surface area contributed by atoms with Gasteiger partial charge in [-0.05, 0) is 19.1 Å². The predicted molar refractivity (Wildman–Crippen MR) is 81.3 cm³/mol. The minimum absolute atomic E-state index is 0.593. The second kappa shape index (κ2) is 8.25.